The van der Waals surface area contributed by atoms with Gasteiger partial charge in [0.15, 0.2) is 11.6 Å². The molecule has 0 spiro atoms. The van der Waals surface area contributed by atoms with Gasteiger partial charge < -0.3 is 10.1 Å². The van der Waals surface area contributed by atoms with Gasteiger partial charge in [-0.25, -0.2) is 14.4 Å². The van der Waals surface area contributed by atoms with Crippen molar-refractivity contribution in [3.63, 3.8) is 0 Å². The highest BCUT2D eigenvalue weighted by molar-refractivity contribution is 5.39. The fourth-order valence-corrected chi connectivity index (χ4v) is 2.30. The number of aromatic nitrogens is 2. The van der Waals surface area contributed by atoms with E-state index in [0.29, 0.717) is 18.1 Å². The van der Waals surface area contributed by atoms with Crippen molar-refractivity contribution in [2.45, 2.75) is 25.2 Å². The molecule has 1 fully saturated rings. The van der Waals surface area contributed by atoms with Crippen LogP contribution in [0.3, 0.4) is 0 Å². The lowest BCUT2D eigenvalue weighted by molar-refractivity contribution is 0.414. The molecule has 1 aliphatic carbocycles. The van der Waals surface area contributed by atoms with E-state index in [1.165, 1.54) is 6.33 Å². The van der Waals surface area contributed by atoms with Crippen LogP contribution in [0.5, 0.6) is 5.75 Å². The maximum atomic E-state index is 14.2. The van der Waals surface area contributed by atoms with E-state index in [-0.39, 0.29) is 11.7 Å². The number of methoxy groups -OCH3 is 1. The summed E-state index contributed by atoms with van der Waals surface area (Å²) in [5.74, 6) is 1.11. The number of hydrogen-bond donors (Lipinski definition) is 1. The van der Waals surface area contributed by atoms with Crippen molar-refractivity contribution in [3.8, 4) is 5.75 Å². The number of rotatable bonds is 6. The first kappa shape index (κ1) is 13.8. The minimum Gasteiger partial charge on any atom is -0.497 e. The minimum atomic E-state index is -0.300. The molecule has 1 heterocycles. The van der Waals surface area contributed by atoms with Gasteiger partial charge in [-0.2, -0.15) is 0 Å². The first-order valence-corrected chi connectivity index (χ1v) is 7.15. The van der Waals surface area contributed by atoms with E-state index in [9.17, 15) is 4.39 Å². The van der Waals surface area contributed by atoms with E-state index in [4.69, 9.17) is 4.74 Å². The van der Waals surface area contributed by atoms with Crippen LogP contribution in [0, 0.1) is 5.82 Å². The number of halogens is 1. The Morgan fingerprint density at radius 2 is 2.19 bits per heavy atom. The lowest BCUT2D eigenvalue weighted by Gasteiger charge is -2.09. The Morgan fingerprint density at radius 3 is 2.95 bits per heavy atom. The number of benzene rings is 1. The molecule has 3 rings (SSSR count). The maximum Gasteiger partial charge on any atom is 0.187 e. The van der Waals surface area contributed by atoms with Crippen molar-refractivity contribution in [1.29, 1.82) is 0 Å². The van der Waals surface area contributed by atoms with Crippen LogP contribution < -0.4 is 10.1 Å². The van der Waals surface area contributed by atoms with Crippen molar-refractivity contribution in [2.24, 2.45) is 0 Å². The minimum absolute atomic E-state index is 0.284. The van der Waals surface area contributed by atoms with Crippen LogP contribution >= 0.6 is 0 Å². The number of hydrogen-bond acceptors (Lipinski definition) is 4. The molecule has 0 atom stereocenters. The second-order valence-corrected chi connectivity index (χ2v) is 5.22. The van der Waals surface area contributed by atoms with Gasteiger partial charge in [0.1, 0.15) is 12.1 Å². The molecule has 5 heteroatoms. The second kappa shape index (κ2) is 6.08. The maximum absolute atomic E-state index is 14.2. The summed E-state index contributed by atoms with van der Waals surface area (Å²) in [6.45, 7) is 0.616. The number of anilines is 1. The molecule has 4 nitrogen and oxygen atoms in total. The summed E-state index contributed by atoms with van der Waals surface area (Å²) < 4.78 is 19.4. The normalized spacial score (nSPS) is 14.0. The average molecular weight is 287 g/mol. The molecule has 2 aromatic rings. The second-order valence-electron chi connectivity index (χ2n) is 5.22. The molecule has 1 aliphatic rings. The van der Waals surface area contributed by atoms with Gasteiger partial charge in [0.25, 0.3) is 0 Å². The molecule has 0 aliphatic heterocycles. The van der Waals surface area contributed by atoms with Crippen molar-refractivity contribution in [2.75, 3.05) is 19.0 Å². The molecule has 21 heavy (non-hydrogen) atoms. The van der Waals surface area contributed by atoms with Crippen LogP contribution in [0.15, 0.2) is 30.6 Å². The first-order chi connectivity index (χ1) is 10.3. The van der Waals surface area contributed by atoms with Crippen LogP contribution in [-0.4, -0.2) is 23.6 Å². The smallest absolute Gasteiger partial charge is 0.187 e. The summed E-state index contributed by atoms with van der Waals surface area (Å²) >= 11 is 0. The van der Waals surface area contributed by atoms with Gasteiger partial charge in [0.05, 0.1) is 12.8 Å². The van der Waals surface area contributed by atoms with Gasteiger partial charge in [-0.05, 0) is 37.0 Å². The molecule has 0 amide bonds. The van der Waals surface area contributed by atoms with E-state index in [2.05, 4.69) is 15.3 Å². The van der Waals surface area contributed by atoms with Crippen LogP contribution in [0.2, 0.25) is 0 Å². The van der Waals surface area contributed by atoms with E-state index in [1.54, 1.807) is 7.11 Å². The van der Waals surface area contributed by atoms with Crippen molar-refractivity contribution >= 4 is 5.82 Å². The lowest BCUT2D eigenvalue weighted by atomic mass is 10.1. The molecule has 1 aromatic carbocycles. The predicted molar refractivity (Wildman–Crippen MR) is 79.2 cm³/mol. The highest BCUT2D eigenvalue weighted by atomic mass is 19.1. The van der Waals surface area contributed by atoms with Crippen LogP contribution in [0.4, 0.5) is 10.2 Å². The largest absolute Gasteiger partial charge is 0.497 e. The molecule has 0 saturated heterocycles. The molecule has 0 radical (unpaired) electrons. The monoisotopic (exact) mass is 287 g/mol. The predicted octanol–water partition coefficient (Wildman–Crippen LogP) is 3.16. The Morgan fingerprint density at radius 1 is 1.33 bits per heavy atom. The van der Waals surface area contributed by atoms with Gasteiger partial charge >= 0.3 is 0 Å². The summed E-state index contributed by atoms with van der Waals surface area (Å²) in [6, 6.07) is 7.86. The summed E-state index contributed by atoms with van der Waals surface area (Å²) in [5, 5.41) is 3.06. The SMILES string of the molecule is COc1cccc(CCNc2ncnc(C3CC3)c2F)c1. The van der Waals surface area contributed by atoms with Gasteiger partial charge in [-0.3, -0.25) is 0 Å². The standard InChI is InChI=1S/C16H18FN3O/c1-21-13-4-2-3-11(9-13)7-8-18-16-14(17)15(12-5-6-12)19-10-20-16/h2-4,9-10,12H,5-8H2,1H3,(H,18,19,20). The molecule has 110 valence electrons. The highest BCUT2D eigenvalue weighted by Crippen LogP contribution is 2.40. The molecule has 0 unspecified atom stereocenters. The molecule has 1 aromatic heterocycles. The lowest BCUT2D eigenvalue weighted by Crippen LogP contribution is -2.10. The zero-order valence-corrected chi connectivity index (χ0v) is 12.0. The summed E-state index contributed by atoms with van der Waals surface area (Å²) in [5.41, 5.74) is 1.69. The molecule has 1 saturated carbocycles. The number of ether oxygens (including phenoxy) is 1. The summed E-state index contributed by atoms with van der Waals surface area (Å²) in [7, 11) is 1.65. The molecular formula is C16H18FN3O. The third-order valence-corrected chi connectivity index (χ3v) is 3.62. The Bertz CT molecular complexity index is 629. The fraction of sp³-hybridized carbons (Fsp3) is 0.375. The summed E-state index contributed by atoms with van der Waals surface area (Å²) in [6.07, 6.45) is 4.26. The van der Waals surface area contributed by atoms with E-state index in [1.807, 2.05) is 24.3 Å². The number of nitrogens with one attached hydrogen (secondary N) is 1. The van der Waals surface area contributed by atoms with Gasteiger partial charge in [0, 0.05) is 12.5 Å². The quantitative estimate of drug-likeness (QED) is 0.886. The zero-order chi connectivity index (χ0) is 14.7. The Labute approximate surface area is 123 Å². The third-order valence-electron chi connectivity index (χ3n) is 3.62. The van der Waals surface area contributed by atoms with Crippen molar-refractivity contribution in [1.82, 2.24) is 9.97 Å². The molecular weight excluding hydrogens is 269 g/mol. The molecule has 1 N–H and O–H groups in total. The van der Waals surface area contributed by atoms with Gasteiger partial charge in [0.2, 0.25) is 0 Å². The zero-order valence-electron chi connectivity index (χ0n) is 12.0. The topological polar surface area (TPSA) is 47.0 Å². The summed E-state index contributed by atoms with van der Waals surface area (Å²) in [4.78, 5) is 8.04. The van der Waals surface area contributed by atoms with Crippen LogP contribution in [0.1, 0.15) is 30.0 Å². The van der Waals surface area contributed by atoms with E-state index >= 15 is 0 Å². The highest BCUT2D eigenvalue weighted by Gasteiger charge is 2.29. The Hall–Kier alpha value is -2.17. The van der Waals surface area contributed by atoms with Crippen molar-refractivity contribution in [3.05, 3.63) is 47.7 Å². The fourth-order valence-electron chi connectivity index (χ4n) is 2.30. The van der Waals surface area contributed by atoms with Gasteiger partial charge in [-0.15, -0.1) is 0 Å². The molecule has 0 bridgehead atoms. The van der Waals surface area contributed by atoms with E-state index < -0.39 is 0 Å². The van der Waals surface area contributed by atoms with Crippen LogP contribution in [0.25, 0.3) is 0 Å². The van der Waals surface area contributed by atoms with Crippen LogP contribution in [-0.2, 0) is 6.42 Å². The third kappa shape index (κ3) is 3.29. The Balaban J connectivity index is 1.61. The van der Waals surface area contributed by atoms with E-state index in [0.717, 1.165) is 30.6 Å². The first-order valence-electron chi connectivity index (χ1n) is 7.15. The van der Waals surface area contributed by atoms with Gasteiger partial charge in [-0.1, -0.05) is 12.1 Å². The Kier molecular flexibility index (Phi) is 3.99. The average Bonchev–Trinajstić information content (AvgIpc) is 3.34. The van der Waals surface area contributed by atoms with Crippen molar-refractivity contribution < 1.29 is 9.13 Å². The number of nitrogens with zero attached hydrogens (tertiary/aromatic N) is 2.